The molecule has 8 nitrogen and oxygen atoms in total. The summed E-state index contributed by atoms with van der Waals surface area (Å²) in [5.41, 5.74) is -0.0558. The molecule has 2 bridgehead atoms. The van der Waals surface area contributed by atoms with Crippen LogP contribution in [0.3, 0.4) is 0 Å². The third-order valence-electron chi connectivity index (χ3n) is 5.46. The van der Waals surface area contributed by atoms with Crippen LogP contribution in [0, 0.1) is 11.8 Å². The maximum atomic E-state index is 13.5. The van der Waals surface area contributed by atoms with Crippen molar-refractivity contribution in [2.24, 2.45) is 11.8 Å². The highest BCUT2D eigenvalue weighted by atomic mass is 32.2. The van der Waals surface area contributed by atoms with Crippen LogP contribution in [-0.2, 0) is 38.1 Å². The Labute approximate surface area is 164 Å². The lowest BCUT2D eigenvalue weighted by Crippen LogP contribution is -2.54. The van der Waals surface area contributed by atoms with Gasteiger partial charge in [0.25, 0.3) is 10.1 Å². The van der Waals surface area contributed by atoms with Crippen molar-refractivity contribution in [2.45, 2.75) is 36.0 Å². The fourth-order valence-electron chi connectivity index (χ4n) is 4.30. The van der Waals surface area contributed by atoms with E-state index in [1.54, 1.807) is 0 Å². The van der Waals surface area contributed by atoms with Crippen molar-refractivity contribution in [1.82, 2.24) is 0 Å². The molecule has 2 saturated carbocycles. The lowest BCUT2D eigenvalue weighted by molar-refractivity contribution is -0.183. The molecule has 0 spiro atoms. The Bertz CT molecular complexity index is 836. The minimum atomic E-state index is -4.99. The van der Waals surface area contributed by atoms with Crippen molar-refractivity contribution in [2.75, 3.05) is 19.8 Å². The fourth-order valence-corrected chi connectivity index (χ4v) is 6.31. The molecular weight excluding hydrogens is 421 g/mol. The van der Waals surface area contributed by atoms with Crippen LogP contribution in [0.15, 0.2) is 24.8 Å². The van der Waals surface area contributed by atoms with Crippen LogP contribution >= 0.6 is 0 Å². The van der Waals surface area contributed by atoms with Crippen molar-refractivity contribution in [3.63, 3.8) is 0 Å². The molecule has 1 aliphatic heterocycles. The summed E-state index contributed by atoms with van der Waals surface area (Å²) in [6.45, 7) is 6.10. The third-order valence-corrected chi connectivity index (χ3v) is 7.53. The van der Waals surface area contributed by atoms with Gasteiger partial charge in [0.15, 0.2) is 11.4 Å². The van der Waals surface area contributed by atoms with E-state index in [-0.39, 0.29) is 25.2 Å². The normalized spacial score (nSPS) is 34.0. The van der Waals surface area contributed by atoms with E-state index in [2.05, 4.69) is 13.2 Å². The summed E-state index contributed by atoms with van der Waals surface area (Å²) in [5.74, 6) is -4.08. The Morgan fingerprint density at radius 1 is 1.28 bits per heavy atom. The second-order valence-electron chi connectivity index (χ2n) is 7.15. The van der Waals surface area contributed by atoms with Gasteiger partial charge in [-0.3, -0.25) is 4.18 Å². The zero-order valence-electron chi connectivity index (χ0n) is 15.1. The van der Waals surface area contributed by atoms with Gasteiger partial charge in [0, 0.05) is 11.8 Å². The van der Waals surface area contributed by atoms with Gasteiger partial charge in [0.05, 0.1) is 18.8 Å². The Hall–Kier alpha value is -1.92. The van der Waals surface area contributed by atoms with Crippen LogP contribution in [0.5, 0.6) is 0 Å². The topological polar surface area (TPSA) is 105 Å². The van der Waals surface area contributed by atoms with Crippen molar-refractivity contribution in [3.05, 3.63) is 24.8 Å². The van der Waals surface area contributed by atoms with Crippen molar-refractivity contribution < 1.29 is 49.6 Å². The fraction of sp³-hybridized carbons (Fsp3) is 0.647. The zero-order valence-corrected chi connectivity index (χ0v) is 16.0. The first-order valence-electron chi connectivity index (χ1n) is 8.67. The molecule has 0 radical (unpaired) electrons. The standard InChI is InChI=1S/C17H19F3O8S/c1-3-4-25-7-9(2)15(22)26-8-12(21)27-13-10-5-11-14(13)28-29(23,24)16(11,6-10)17(18,19)20/h3,10-11,13-14H,1-2,4-8H2. The van der Waals surface area contributed by atoms with E-state index < -0.39 is 70.1 Å². The second kappa shape index (κ2) is 7.40. The zero-order chi connectivity index (χ0) is 21.6. The molecule has 3 fully saturated rings. The molecule has 1 heterocycles. The smallest absolute Gasteiger partial charge is 0.410 e. The van der Waals surface area contributed by atoms with Gasteiger partial charge in [-0.15, -0.1) is 6.58 Å². The van der Waals surface area contributed by atoms with Crippen LogP contribution in [0.1, 0.15) is 12.8 Å². The van der Waals surface area contributed by atoms with Crippen LogP contribution in [0.4, 0.5) is 13.2 Å². The Morgan fingerprint density at radius 2 is 1.97 bits per heavy atom. The Morgan fingerprint density at radius 3 is 2.59 bits per heavy atom. The lowest BCUT2D eigenvalue weighted by atomic mass is 9.83. The maximum absolute atomic E-state index is 13.5. The van der Waals surface area contributed by atoms with Gasteiger partial charge in [-0.1, -0.05) is 12.7 Å². The first-order valence-corrected chi connectivity index (χ1v) is 10.1. The highest BCUT2D eigenvalue weighted by Gasteiger charge is 2.82. The number of ether oxygens (including phenoxy) is 3. The Balaban J connectivity index is 1.57. The average Bonchev–Trinajstić information content (AvgIpc) is 3.21. The maximum Gasteiger partial charge on any atom is 0.410 e. The predicted octanol–water partition coefficient (Wildman–Crippen LogP) is 1.27. The van der Waals surface area contributed by atoms with E-state index in [4.69, 9.17) is 18.4 Å². The van der Waals surface area contributed by atoms with Gasteiger partial charge in [-0.2, -0.15) is 21.6 Å². The molecule has 0 amide bonds. The van der Waals surface area contributed by atoms with Crippen LogP contribution < -0.4 is 0 Å². The molecule has 12 heteroatoms. The highest BCUT2D eigenvalue weighted by Crippen LogP contribution is 2.66. The van der Waals surface area contributed by atoms with Gasteiger partial charge in [-0.25, -0.2) is 9.59 Å². The van der Waals surface area contributed by atoms with E-state index in [0.717, 1.165) is 0 Å². The quantitative estimate of drug-likeness (QED) is 0.183. The molecular formula is C17H19F3O8S. The van der Waals surface area contributed by atoms with Crippen LogP contribution in [0.25, 0.3) is 0 Å². The molecule has 0 aromatic heterocycles. The third kappa shape index (κ3) is 3.46. The van der Waals surface area contributed by atoms with Crippen molar-refractivity contribution in [3.8, 4) is 0 Å². The monoisotopic (exact) mass is 440 g/mol. The van der Waals surface area contributed by atoms with Gasteiger partial charge < -0.3 is 14.2 Å². The molecule has 5 unspecified atom stereocenters. The second-order valence-corrected chi connectivity index (χ2v) is 8.98. The summed E-state index contributed by atoms with van der Waals surface area (Å²) in [7, 11) is -4.90. The minimum Gasteiger partial charge on any atom is -0.457 e. The number of hydrogen-bond donors (Lipinski definition) is 0. The molecule has 0 aromatic rings. The number of rotatable bonds is 8. The summed E-state index contributed by atoms with van der Waals surface area (Å²) in [6.07, 6.45) is -6.89. The molecule has 0 N–H and O–H groups in total. The summed E-state index contributed by atoms with van der Waals surface area (Å²) in [6, 6.07) is 0. The van der Waals surface area contributed by atoms with Gasteiger partial charge >= 0.3 is 18.1 Å². The predicted molar refractivity (Wildman–Crippen MR) is 89.8 cm³/mol. The van der Waals surface area contributed by atoms with E-state index >= 15 is 0 Å². The number of hydrogen-bond acceptors (Lipinski definition) is 8. The van der Waals surface area contributed by atoms with Gasteiger partial charge in [0.1, 0.15) is 12.2 Å². The van der Waals surface area contributed by atoms with Crippen LogP contribution in [0.2, 0.25) is 0 Å². The molecule has 2 aliphatic carbocycles. The van der Waals surface area contributed by atoms with E-state index in [9.17, 15) is 31.2 Å². The molecule has 5 atom stereocenters. The van der Waals surface area contributed by atoms with E-state index in [0.29, 0.717) is 0 Å². The van der Waals surface area contributed by atoms with E-state index in [1.807, 2.05) is 0 Å². The van der Waals surface area contributed by atoms with Crippen molar-refractivity contribution in [1.29, 1.82) is 0 Å². The number of carbonyl (C=O) groups is 2. The van der Waals surface area contributed by atoms with Gasteiger partial charge in [0.2, 0.25) is 0 Å². The first kappa shape index (κ1) is 21.8. The number of halogens is 3. The molecule has 162 valence electrons. The lowest BCUT2D eigenvalue weighted by Gasteiger charge is -2.33. The summed E-state index contributed by atoms with van der Waals surface area (Å²) < 4.78 is 81.4. The molecule has 29 heavy (non-hydrogen) atoms. The Kier molecular flexibility index (Phi) is 5.56. The average molecular weight is 440 g/mol. The summed E-state index contributed by atoms with van der Waals surface area (Å²) >= 11 is 0. The molecule has 0 aromatic carbocycles. The SMILES string of the molecule is C=CCOCC(=C)C(=O)OCC(=O)OC1C2CC3C1OS(=O)(=O)C3(C(F)(F)F)C2. The number of fused-ring (bicyclic) bond motifs is 1. The molecule has 3 aliphatic rings. The minimum absolute atomic E-state index is 0.0558. The number of alkyl halides is 3. The number of esters is 2. The van der Waals surface area contributed by atoms with Crippen LogP contribution in [-0.4, -0.2) is 63.3 Å². The molecule has 1 saturated heterocycles. The molecule has 3 rings (SSSR count). The number of carbonyl (C=O) groups excluding carboxylic acids is 2. The van der Waals surface area contributed by atoms with Crippen molar-refractivity contribution >= 4 is 22.1 Å². The first-order chi connectivity index (χ1) is 13.4. The van der Waals surface area contributed by atoms with Gasteiger partial charge in [-0.05, 0) is 12.8 Å². The largest absolute Gasteiger partial charge is 0.457 e. The van der Waals surface area contributed by atoms with E-state index in [1.165, 1.54) is 6.08 Å². The summed E-state index contributed by atoms with van der Waals surface area (Å²) in [4.78, 5) is 23.7. The highest BCUT2D eigenvalue weighted by molar-refractivity contribution is 7.88. The summed E-state index contributed by atoms with van der Waals surface area (Å²) in [5, 5.41) is 0.